The Morgan fingerprint density at radius 2 is 1.82 bits per heavy atom. The van der Waals surface area contributed by atoms with Crippen molar-refractivity contribution >= 4 is 11.8 Å². The lowest BCUT2D eigenvalue weighted by Crippen LogP contribution is -2.59. The molecule has 0 spiro atoms. The Hall–Kier alpha value is -3.01. The molecule has 0 aromatic heterocycles. The minimum absolute atomic E-state index is 0.0503. The predicted molar refractivity (Wildman–Crippen MR) is 154 cm³/mol. The van der Waals surface area contributed by atoms with Crippen LogP contribution >= 0.6 is 0 Å². The molecule has 1 heterocycles. The number of halogens is 1. The zero-order valence-electron chi connectivity index (χ0n) is 24.3. The van der Waals surface area contributed by atoms with E-state index in [9.17, 15) is 19.1 Å². The molecule has 9 heteroatoms. The van der Waals surface area contributed by atoms with Gasteiger partial charge in [-0.25, -0.2) is 4.39 Å². The Labute approximate surface area is 237 Å². The molecule has 0 saturated heterocycles. The molecular weight excluding hydrogens is 511 g/mol. The topological polar surface area (TPSA) is 103 Å². The van der Waals surface area contributed by atoms with Crippen LogP contribution < -0.4 is 20.7 Å². The summed E-state index contributed by atoms with van der Waals surface area (Å²) in [4.78, 5) is 28.4. The van der Waals surface area contributed by atoms with Crippen molar-refractivity contribution in [2.24, 2.45) is 5.92 Å². The van der Waals surface area contributed by atoms with Crippen molar-refractivity contribution in [3.05, 3.63) is 65.5 Å². The molecule has 0 bridgehead atoms. The standard InChI is InChI=1S/C31H45FN4O4/c1-6-20(2)28-31(39)36(5)22(4)29(37)35-26(18-23-13-15-25(32)16-14-23)30(38)33-17-9-11-24-10-7-8-12-27(24)40-21(3)19-34-28/h7-8,10,12-16,20-22,26,28-29,34-35,37H,6,9,11,17-19H2,1-5H3,(H,33,38)/t20?,21-,22-,26-,28+,29?/m1/s1. The smallest absolute Gasteiger partial charge is 0.240 e. The minimum atomic E-state index is -1.17. The third-order valence-corrected chi connectivity index (χ3v) is 7.78. The summed E-state index contributed by atoms with van der Waals surface area (Å²) in [6, 6.07) is 11.9. The van der Waals surface area contributed by atoms with Gasteiger partial charge in [0, 0.05) is 20.1 Å². The van der Waals surface area contributed by atoms with E-state index in [4.69, 9.17) is 4.74 Å². The van der Waals surface area contributed by atoms with Crippen molar-refractivity contribution < 1.29 is 23.8 Å². The lowest BCUT2D eigenvalue weighted by molar-refractivity contribution is -0.138. The summed E-state index contributed by atoms with van der Waals surface area (Å²) in [6.45, 7) is 8.71. The molecule has 4 N–H and O–H groups in total. The highest BCUT2D eigenvalue weighted by molar-refractivity contribution is 5.83. The first-order valence-electron chi connectivity index (χ1n) is 14.3. The van der Waals surface area contributed by atoms with Gasteiger partial charge in [-0.2, -0.15) is 0 Å². The summed E-state index contributed by atoms with van der Waals surface area (Å²) in [7, 11) is 1.67. The molecule has 0 fully saturated rings. The minimum Gasteiger partial charge on any atom is -0.489 e. The largest absolute Gasteiger partial charge is 0.489 e. The quantitative estimate of drug-likeness (QED) is 0.462. The fourth-order valence-corrected chi connectivity index (χ4v) is 4.82. The van der Waals surface area contributed by atoms with Crippen LogP contribution in [0.5, 0.6) is 5.75 Å². The highest BCUT2D eigenvalue weighted by Gasteiger charge is 2.33. The van der Waals surface area contributed by atoms with E-state index in [-0.39, 0.29) is 36.1 Å². The van der Waals surface area contributed by atoms with Crippen molar-refractivity contribution in [1.82, 2.24) is 20.9 Å². The Bertz CT molecular complexity index is 1100. The van der Waals surface area contributed by atoms with Crippen molar-refractivity contribution in [2.45, 2.75) is 83.8 Å². The molecule has 0 saturated carbocycles. The van der Waals surface area contributed by atoms with Crippen LogP contribution in [0.25, 0.3) is 0 Å². The first-order valence-corrected chi connectivity index (χ1v) is 14.3. The number of nitrogens with zero attached hydrogens (tertiary/aromatic N) is 1. The maximum absolute atomic E-state index is 13.6. The highest BCUT2D eigenvalue weighted by atomic mass is 19.1. The zero-order chi connectivity index (χ0) is 29.2. The van der Waals surface area contributed by atoms with Gasteiger partial charge in [0.1, 0.15) is 23.9 Å². The molecule has 2 unspecified atom stereocenters. The number of nitrogens with one attached hydrogen (secondary N) is 3. The van der Waals surface area contributed by atoms with Gasteiger partial charge in [-0.05, 0) is 68.4 Å². The zero-order valence-corrected chi connectivity index (χ0v) is 24.3. The number of amides is 2. The van der Waals surface area contributed by atoms with Gasteiger partial charge in [-0.15, -0.1) is 0 Å². The van der Waals surface area contributed by atoms with E-state index in [0.29, 0.717) is 25.9 Å². The van der Waals surface area contributed by atoms with Crippen LogP contribution in [-0.4, -0.2) is 72.4 Å². The molecule has 220 valence electrons. The van der Waals surface area contributed by atoms with Crippen molar-refractivity contribution in [3.8, 4) is 5.75 Å². The second kappa shape index (κ2) is 15.1. The van der Waals surface area contributed by atoms with Crippen LogP contribution in [-0.2, 0) is 22.4 Å². The van der Waals surface area contributed by atoms with Crippen LogP contribution in [0.4, 0.5) is 4.39 Å². The highest BCUT2D eigenvalue weighted by Crippen LogP contribution is 2.21. The molecular formula is C31H45FN4O4. The number of benzene rings is 2. The van der Waals surface area contributed by atoms with Crippen LogP contribution in [0.1, 0.15) is 51.7 Å². The lowest BCUT2D eigenvalue weighted by Gasteiger charge is -2.36. The number of ether oxygens (including phenoxy) is 1. The normalized spacial score (nSPS) is 26.6. The number of likely N-dealkylation sites (N-methyl/N-ethyl adjacent to an activating group) is 1. The maximum Gasteiger partial charge on any atom is 0.240 e. The van der Waals surface area contributed by atoms with Crippen molar-refractivity contribution in [2.75, 3.05) is 20.1 Å². The number of aliphatic hydroxyl groups excluding tert-OH is 1. The average molecular weight is 557 g/mol. The maximum atomic E-state index is 13.6. The number of aryl methyl sites for hydroxylation is 1. The summed E-state index contributed by atoms with van der Waals surface area (Å²) in [6.07, 6.45) is 1.11. The molecule has 0 aliphatic carbocycles. The fraction of sp³-hybridized carbons (Fsp3) is 0.548. The van der Waals surface area contributed by atoms with E-state index in [1.54, 1.807) is 26.1 Å². The molecule has 8 nitrogen and oxygen atoms in total. The van der Waals surface area contributed by atoms with E-state index >= 15 is 0 Å². The number of aliphatic hydroxyl groups is 1. The van der Waals surface area contributed by atoms with Gasteiger partial charge >= 0.3 is 0 Å². The number of hydrogen-bond donors (Lipinski definition) is 4. The fourth-order valence-electron chi connectivity index (χ4n) is 4.82. The Morgan fingerprint density at radius 3 is 2.52 bits per heavy atom. The number of carbonyl (C=O) groups is 2. The Balaban J connectivity index is 1.88. The summed E-state index contributed by atoms with van der Waals surface area (Å²) < 4.78 is 19.7. The number of fused-ring (bicyclic) bond motifs is 1. The number of para-hydroxylation sites is 1. The SMILES string of the molecule is CCC(C)[C@@H]1NC[C@@H](C)Oc2ccccc2CCCNC(=O)[C@@H](Cc2ccc(F)cc2)NC(O)[C@@H](C)N(C)C1=O. The molecule has 2 amide bonds. The van der Waals surface area contributed by atoms with Crippen LogP contribution in [0.3, 0.4) is 0 Å². The Kier molecular flexibility index (Phi) is 11.9. The van der Waals surface area contributed by atoms with Gasteiger partial charge in [-0.1, -0.05) is 50.6 Å². The van der Waals surface area contributed by atoms with Gasteiger partial charge < -0.3 is 25.4 Å². The molecule has 40 heavy (non-hydrogen) atoms. The summed E-state index contributed by atoms with van der Waals surface area (Å²) in [5, 5.41) is 20.5. The van der Waals surface area contributed by atoms with Gasteiger partial charge in [-0.3, -0.25) is 14.9 Å². The molecule has 3 rings (SSSR count). The summed E-state index contributed by atoms with van der Waals surface area (Å²) >= 11 is 0. The second-order valence-electron chi connectivity index (χ2n) is 10.9. The lowest BCUT2D eigenvalue weighted by atomic mass is 9.97. The number of rotatable bonds is 4. The summed E-state index contributed by atoms with van der Waals surface area (Å²) in [5.74, 6) is 0.0661. The predicted octanol–water partition coefficient (Wildman–Crippen LogP) is 3.03. The van der Waals surface area contributed by atoms with Crippen LogP contribution in [0.2, 0.25) is 0 Å². The average Bonchev–Trinajstić information content (AvgIpc) is 2.95. The monoisotopic (exact) mass is 556 g/mol. The third-order valence-electron chi connectivity index (χ3n) is 7.78. The second-order valence-corrected chi connectivity index (χ2v) is 10.9. The van der Waals surface area contributed by atoms with Gasteiger partial charge in [0.05, 0.1) is 18.1 Å². The van der Waals surface area contributed by atoms with E-state index in [1.165, 1.54) is 17.0 Å². The molecule has 6 atom stereocenters. The molecule has 2 aromatic rings. The Morgan fingerprint density at radius 1 is 1.12 bits per heavy atom. The van der Waals surface area contributed by atoms with Crippen LogP contribution in [0.15, 0.2) is 48.5 Å². The van der Waals surface area contributed by atoms with Crippen molar-refractivity contribution in [3.63, 3.8) is 0 Å². The van der Waals surface area contributed by atoms with Crippen molar-refractivity contribution in [1.29, 1.82) is 0 Å². The third kappa shape index (κ3) is 8.74. The number of hydrogen-bond acceptors (Lipinski definition) is 6. The van der Waals surface area contributed by atoms with E-state index in [2.05, 4.69) is 16.0 Å². The summed E-state index contributed by atoms with van der Waals surface area (Å²) in [5.41, 5.74) is 1.80. The number of carbonyl (C=O) groups excluding carboxylic acids is 2. The van der Waals surface area contributed by atoms with E-state index < -0.39 is 24.4 Å². The van der Waals surface area contributed by atoms with E-state index in [1.807, 2.05) is 45.0 Å². The van der Waals surface area contributed by atoms with Crippen LogP contribution in [0, 0.1) is 11.7 Å². The molecule has 1 aliphatic rings. The van der Waals surface area contributed by atoms with Gasteiger partial charge in [0.25, 0.3) is 0 Å². The molecule has 1 aliphatic heterocycles. The van der Waals surface area contributed by atoms with E-state index in [0.717, 1.165) is 23.3 Å². The molecule has 0 radical (unpaired) electrons. The molecule has 2 aromatic carbocycles. The van der Waals surface area contributed by atoms with Gasteiger partial charge in [0.15, 0.2) is 0 Å². The van der Waals surface area contributed by atoms with Gasteiger partial charge in [0.2, 0.25) is 11.8 Å². The first kappa shape index (κ1) is 31.5. The first-order chi connectivity index (χ1) is 19.1.